The molecule has 3 aromatic rings. The second-order valence-corrected chi connectivity index (χ2v) is 7.88. The minimum absolute atomic E-state index is 0.529. The Morgan fingerprint density at radius 3 is 2.68 bits per heavy atom. The molecule has 1 aliphatic rings. The maximum absolute atomic E-state index is 4.72. The summed E-state index contributed by atoms with van der Waals surface area (Å²) >= 11 is 1.73. The number of nitrogens with one attached hydrogen (secondary N) is 1. The van der Waals surface area contributed by atoms with Crippen LogP contribution in [0.4, 0.5) is 5.13 Å². The van der Waals surface area contributed by atoms with Gasteiger partial charge in [0.25, 0.3) is 0 Å². The first-order valence-corrected chi connectivity index (χ1v) is 9.83. The first kappa shape index (κ1) is 16.5. The van der Waals surface area contributed by atoms with Crippen LogP contribution in [0, 0.1) is 6.92 Å². The summed E-state index contributed by atoms with van der Waals surface area (Å²) in [7, 11) is 1.96. The van der Waals surface area contributed by atoms with Crippen LogP contribution in [0.1, 0.15) is 24.1 Å². The molecule has 132 valence electrons. The Kier molecular flexibility index (Phi) is 4.72. The van der Waals surface area contributed by atoms with E-state index in [0.29, 0.717) is 6.04 Å². The topological polar surface area (TPSA) is 46.0 Å². The molecule has 5 nitrogen and oxygen atoms in total. The molecular weight excluding hydrogens is 330 g/mol. The highest BCUT2D eigenvalue weighted by Gasteiger charge is 2.20. The predicted octanol–water partition coefficient (Wildman–Crippen LogP) is 3.46. The lowest BCUT2D eigenvalue weighted by Crippen LogP contribution is -2.40. The lowest BCUT2D eigenvalue weighted by molar-refractivity contribution is 0.221. The second-order valence-electron chi connectivity index (χ2n) is 6.88. The van der Waals surface area contributed by atoms with Gasteiger partial charge in [-0.05, 0) is 31.7 Å². The van der Waals surface area contributed by atoms with E-state index in [2.05, 4.69) is 52.6 Å². The van der Waals surface area contributed by atoms with Crippen LogP contribution in [0.5, 0.6) is 0 Å². The number of rotatable bonds is 5. The largest absolute Gasteiger partial charge is 0.359 e. The molecule has 0 atom stereocenters. The molecule has 0 saturated carbocycles. The zero-order valence-electron chi connectivity index (χ0n) is 14.9. The van der Waals surface area contributed by atoms with Crippen LogP contribution >= 0.6 is 11.3 Å². The number of thiazole rings is 1. The minimum Gasteiger partial charge on any atom is -0.359 e. The summed E-state index contributed by atoms with van der Waals surface area (Å²) in [6.07, 6.45) is 3.51. The van der Waals surface area contributed by atoms with Crippen molar-refractivity contribution in [1.82, 2.24) is 19.7 Å². The molecule has 0 radical (unpaired) electrons. The molecule has 25 heavy (non-hydrogen) atoms. The summed E-state index contributed by atoms with van der Waals surface area (Å²) < 4.78 is 3.07. The monoisotopic (exact) mass is 355 g/mol. The second kappa shape index (κ2) is 7.14. The van der Waals surface area contributed by atoms with Crippen molar-refractivity contribution < 1.29 is 0 Å². The maximum atomic E-state index is 4.72. The molecule has 1 saturated heterocycles. The first-order valence-electron chi connectivity index (χ1n) is 9.02. The van der Waals surface area contributed by atoms with Crippen molar-refractivity contribution in [2.24, 2.45) is 7.05 Å². The average Bonchev–Trinajstić information content (AvgIpc) is 3.16. The van der Waals surface area contributed by atoms with Gasteiger partial charge in [0.05, 0.1) is 10.4 Å². The van der Waals surface area contributed by atoms with Crippen LogP contribution in [-0.4, -0.2) is 45.3 Å². The number of hydrogen-bond acceptors (Lipinski definition) is 5. The number of piperidine rings is 1. The molecular formula is C19H25N5S. The van der Waals surface area contributed by atoms with Crippen molar-refractivity contribution in [3.05, 3.63) is 41.6 Å². The minimum atomic E-state index is 0.529. The fourth-order valence-corrected chi connectivity index (χ4v) is 4.56. The smallest absolute Gasteiger partial charge is 0.185 e. The number of anilines is 1. The van der Waals surface area contributed by atoms with Crippen LogP contribution in [0.2, 0.25) is 0 Å². The fourth-order valence-electron chi connectivity index (χ4n) is 3.55. The number of aryl methyl sites for hydroxylation is 2. The molecule has 0 bridgehead atoms. The van der Waals surface area contributed by atoms with Gasteiger partial charge in [0.1, 0.15) is 0 Å². The van der Waals surface area contributed by atoms with E-state index in [1.54, 1.807) is 11.3 Å². The Morgan fingerprint density at radius 2 is 1.96 bits per heavy atom. The quantitative estimate of drug-likeness (QED) is 0.761. The zero-order chi connectivity index (χ0) is 17.2. The summed E-state index contributed by atoms with van der Waals surface area (Å²) in [4.78, 5) is 7.30. The molecule has 1 N–H and O–H groups in total. The third-order valence-corrected chi connectivity index (χ3v) is 6.10. The standard InChI is InChI=1S/C19H25N5S/c1-14-17-18(23(2)22-14)21-19(25-17)20-16-9-12-24(13-10-16)11-8-15-6-4-3-5-7-15/h3-7,16H,8-13H2,1-2H3,(H,20,21). The Morgan fingerprint density at radius 1 is 1.20 bits per heavy atom. The van der Waals surface area contributed by atoms with Crippen LogP contribution in [-0.2, 0) is 13.5 Å². The van der Waals surface area contributed by atoms with Crippen molar-refractivity contribution in [1.29, 1.82) is 0 Å². The van der Waals surface area contributed by atoms with Gasteiger partial charge in [0.15, 0.2) is 10.8 Å². The third-order valence-electron chi connectivity index (χ3n) is 5.02. The lowest BCUT2D eigenvalue weighted by atomic mass is 10.0. The van der Waals surface area contributed by atoms with Gasteiger partial charge in [-0.2, -0.15) is 5.10 Å². The molecule has 2 aromatic heterocycles. The summed E-state index contributed by atoms with van der Waals surface area (Å²) in [5.41, 5.74) is 3.49. The molecule has 1 fully saturated rings. The highest BCUT2D eigenvalue weighted by atomic mass is 32.1. The molecule has 0 aliphatic carbocycles. The van der Waals surface area contributed by atoms with Gasteiger partial charge < -0.3 is 10.2 Å². The summed E-state index contributed by atoms with van der Waals surface area (Å²) in [6, 6.07) is 11.3. The molecule has 0 amide bonds. The van der Waals surface area contributed by atoms with Crippen molar-refractivity contribution in [2.75, 3.05) is 25.0 Å². The third kappa shape index (κ3) is 3.70. The van der Waals surface area contributed by atoms with Crippen LogP contribution < -0.4 is 5.32 Å². The van der Waals surface area contributed by atoms with E-state index >= 15 is 0 Å². The van der Waals surface area contributed by atoms with Crippen LogP contribution in [0.15, 0.2) is 30.3 Å². The number of nitrogens with zero attached hydrogens (tertiary/aromatic N) is 4. The van der Waals surface area contributed by atoms with E-state index in [1.807, 2.05) is 11.7 Å². The van der Waals surface area contributed by atoms with Crippen molar-refractivity contribution in [3.63, 3.8) is 0 Å². The van der Waals surface area contributed by atoms with Gasteiger partial charge in [0, 0.05) is 32.7 Å². The fraction of sp³-hybridized carbons (Fsp3) is 0.474. The molecule has 4 rings (SSSR count). The van der Waals surface area contributed by atoms with E-state index in [9.17, 15) is 0 Å². The van der Waals surface area contributed by atoms with Gasteiger partial charge >= 0.3 is 0 Å². The van der Waals surface area contributed by atoms with Crippen LogP contribution in [0.25, 0.3) is 10.3 Å². The predicted molar refractivity (Wildman–Crippen MR) is 104 cm³/mol. The molecule has 1 aromatic carbocycles. The number of hydrogen-bond donors (Lipinski definition) is 1. The molecule has 3 heterocycles. The Bertz CT molecular complexity index is 796. The van der Waals surface area contributed by atoms with Crippen molar-refractivity contribution >= 4 is 26.8 Å². The number of aromatic nitrogens is 3. The van der Waals surface area contributed by atoms with Gasteiger partial charge in [-0.3, -0.25) is 0 Å². The normalized spacial score (nSPS) is 16.6. The molecule has 6 heteroatoms. The van der Waals surface area contributed by atoms with Crippen LogP contribution in [0.3, 0.4) is 0 Å². The van der Waals surface area contributed by atoms with E-state index in [0.717, 1.165) is 42.5 Å². The van der Waals surface area contributed by atoms with E-state index < -0.39 is 0 Å². The highest BCUT2D eigenvalue weighted by Crippen LogP contribution is 2.29. The Labute approximate surface area is 152 Å². The number of benzene rings is 1. The Balaban J connectivity index is 1.29. The average molecular weight is 356 g/mol. The van der Waals surface area contributed by atoms with Crippen molar-refractivity contribution in [2.45, 2.75) is 32.2 Å². The maximum Gasteiger partial charge on any atom is 0.185 e. The summed E-state index contributed by atoms with van der Waals surface area (Å²) in [5.74, 6) is 0. The highest BCUT2D eigenvalue weighted by molar-refractivity contribution is 7.22. The number of fused-ring (bicyclic) bond motifs is 1. The Hall–Kier alpha value is -1.92. The van der Waals surface area contributed by atoms with Gasteiger partial charge in [-0.15, -0.1) is 0 Å². The molecule has 0 spiro atoms. The van der Waals surface area contributed by atoms with Crippen molar-refractivity contribution in [3.8, 4) is 0 Å². The van der Waals surface area contributed by atoms with E-state index in [1.165, 1.54) is 23.1 Å². The summed E-state index contributed by atoms with van der Waals surface area (Å²) in [6.45, 7) is 5.53. The van der Waals surface area contributed by atoms with E-state index in [-0.39, 0.29) is 0 Å². The number of likely N-dealkylation sites (tertiary alicyclic amines) is 1. The van der Waals surface area contributed by atoms with Gasteiger partial charge in [-0.25, -0.2) is 9.67 Å². The molecule has 1 aliphatic heterocycles. The first-order chi connectivity index (χ1) is 12.2. The SMILES string of the molecule is Cc1nn(C)c2nc(NC3CCN(CCc4ccccc4)CC3)sc12. The van der Waals surface area contributed by atoms with Gasteiger partial charge in [-0.1, -0.05) is 41.7 Å². The summed E-state index contributed by atoms with van der Waals surface area (Å²) in [5, 5.41) is 9.10. The van der Waals surface area contributed by atoms with E-state index in [4.69, 9.17) is 4.98 Å². The zero-order valence-corrected chi connectivity index (χ0v) is 15.7. The van der Waals surface area contributed by atoms with Gasteiger partial charge in [0.2, 0.25) is 0 Å². The molecule has 0 unspecified atom stereocenters. The lowest BCUT2D eigenvalue weighted by Gasteiger charge is -2.32.